The van der Waals surface area contributed by atoms with Gasteiger partial charge in [-0.25, -0.2) is 8.42 Å². The Morgan fingerprint density at radius 1 is 1.32 bits per heavy atom. The van der Waals surface area contributed by atoms with Gasteiger partial charge in [-0.2, -0.15) is 0 Å². The standard InChI is InChI=1S/C16H17NO5S3/c1-21-12-5-3-4-10(14(12)22-2)8-13-15(18)17(16(23)24-13)11-6-7-25(19,20)9-11/h3-5,8,11H,6-7,9H2,1-2H3. The molecule has 1 amide bonds. The summed E-state index contributed by atoms with van der Waals surface area (Å²) in [6.45, 7) is 0. The van der Waals surface area contributed by atoms with Crippen molar-refractivity contribution in [1.82, 2.24) is 4.90 Å². The van der Waals surface area contributed by atoms with Crippen LogP contribution in [0.5, 0.6) is 11.5 Å². The van der Waals surface area contributed by atoms with Gasteiger partial charge in [0.25, 0.3) is 5.91 Å². The summed E-state index contributed by atoms with van der Waals surface area (Å²) in [4.78, 5) is 14.6. The Morgan fingerprint density at radius 3 is 2.68 bits per heavy atom. The topological polar surface area (TPSA) is 72.9 Å². The van der Waals surface area contributed by atoms with E-state index in [2.05, 4.69) is 0 Å². The van der Waals surface area contributed by atoms with Crippen LogP contribution in [-0.4, -0.2) is 55.3 Å². The van der Waals surface area contributed by atoms with Crippen molar-refractivity contribution in [2.75, 3.05) is 25.7 Å². The fraction of sp³-hybridized carbons (Fsp3) is 0.375. The second-order valence-corrected chi connectivity index (χ2v) is 9.60. The molecule has 0 N–H and O–H groups in total. The number of amides is 1. The Kier molecular flexibility index (Phi) is 5.08. The van der Waals surface area contributed by atoms with Crippen LogP contribution in [0.15, 0.2) is 23.1 Å². The quantitative estimate of drug-likeness (QED) is 0.567. The number of benzene rings is 1. The van der Waals surface area contributed by atoms with Gasteiger partial charge in [0.15, 0.2) is 21.3 Å². The molecule has 0 saturated carbocycles. The monoisotopic (exact) mass is 399 g/mol. The van der Waals surface area contributed by atoms with Crippen LogP contribution in [0.1, 0.15) is 12.0 Å². The van der Waals surface area contributed by atoms with Gasteiger partial charge in [-0.1, -0.05) is 36.1 Å². The van der Waals surface area contributed by atoms with Crippen molar-refractivity contribution in [3.05, 3.63) is 28.7 Å². The highest BCUT2D eigenvalue weighted by Gasteiger charge is 2.42. The lowest BCUT2D eigenvalue weighted by atomic mass is 10.1. The van der Waals surface area contributed by atoms with Gasteiger partial charge >= 0.3 is 0 Å². The highest BCUT2D eigenvalue weighted by Crippen LogP contribution is 2.39. The Hall–Kier alpha value is -1.58. The molecule has 2 aliphatic heterocycles. The summed E-state index contributed by atoms with van der Waals surface area (Å²) < 4.78 is 34.4. The van der Waals surface area contributed by atoms with Crippen molar-refractivity contribution >= 4 is 50.1 Å². The number of ether oxygens (including phenoxy) is 2. The Balaban J connectivity index is 1.91. The van der Waals surface area contributed by atoms with E-state index in [0.29, 0.717) is 32.7 Å². The van der Waals surface area contributed by atoms with Gasteiger partial charge in [0.05, 0.1) is 36.7 Å². The van der Waals surface area contributed by atoms with E-state index in [-0.39, 0.29) is 23.5 Å². The lowest BCUT2D eigenvalue weighted by Gasteiger charge is -2.20. The van der Waals surface area contributed by atoms with Gasteiger partial charge in [-0.15, -0.1) is 0 Å². The first-order valence-electron chi connectivity index (χ1n) is 7.55. The minimum atomic E-state index is -3.09. The van der Waals surface area contributed by atoms with Crippen LogP contribution in [0, 0.1) is 0 Å². The first-order chi connectivity index (χ1) is 11.9. The zero-order chi connectivity index (χ0) is 18.2. The highest BCUT2D eigenvalue weighted by atomic mass is 32.2. The number of carbonyl (C=O) groups is 1. The lowest BCUT2D eigenvalue weighted by Crippen LogP contribution is -2.39. The first kappa shape index (κ1) is 18.2. The summed E-state index contributed by atoms with van der Waals surface area (Å²) >= 11 is 6.48. The second kappa shape index (κ2) is 6.97. The van der Waals surface area contributed by atoms with Gasteiger partial charge in [0, 0.05) is 5.56 Å². The van der Waals surface area contributed by atoms with Crippen molar-refractivity contribution in [1.29, 1.82) is 0 Å². The van der Waals surface area contributed by atoms with Crippen LogP contribution in [0.4, 0.5) is 0 Å². The summed E-state index contributed by atoms with van der Waals surface area (Å²) in [5.41, 5.74) is 0.696. The van der Waals surface area contributed by atoms with E-state index in [1.165, 1.54) is 23.8 Å². The van der Waals surface area contributed by atoms with E-state index in [9.17, 15) is 13.2 Å². The van der Waals surface area contributed by atoms with Gasteiger partial charge in [0.1, 0.15) is 4.32 Å². The summed E-state index contributed by atoms with van der Waals surface area (Å²) in [6, 6.07) is 5.01. The summed E-state index contributed by atoms with van der Waals surface area (Å²) in [5.74, 6) is 0.890. The van der Waals surface area contributed by atoms with Crippen LogP contribution in [0.3, 0.4) is 0 Å². The van der Waals surface area contributed by atoms with Gasteiger partial charge in [0.2, 0.25) is 0 Å². The number of carbonyl (C=O) groups excluding carboxylic acids is 1. The summed E-state index contributed by atoms with van der Waals surface area (Å²) in [5, 5.41) is 0. The van der Waals surface area contributed by atoms with E-state index in [0.717, 1.165) is 0 Å². The van der Waals surface area contributed by atoms with Crippen molar-refractivity contribution in [2.45, 2.75) is 12.5 Å². The summed E-state index contributed by atoms with van der Waals surface area (Å²) in [7, 11) is -0.0197. The van der Waals surface area contributed by atoms with Crippen molar-refractivity contribution in [3.63, 3.8) is 0 Å². The highest BCUT2D eigenvalue weighted by molar-refractivity contribution is 8.26. The van der Waals surface area contributed by atoms with E-state index in [4.69, 9.17) is 21.7 Å². The molecule has 2 heterocycles. The van der Waals surface area contributed by atoms with Gasteiger partial charge in [-0.05, 0) is 18.6 Å². The predicted octanol–water partition coefficient (Wildman–Crippen LogP) is 2.09. The van der Waals surface area contributed by atoms with E-state index in [1.807, 2.05) is 6.07 Å². The fourth-order valence-corrected chi connectivity index (χ4v) is 6.03. The summed E-state index contributed by atoms with van der Waals surface area (Å²) in [6.07, 6.45) is 2.12. The molecular formula is C16H17NO5S3. The molecule has 1 aromatic rings. The number of methoxy groups -OCH3 is 2. The van der Waals surface area contributed by atoms with Gasteiger partial charge in [-0.3, -0.25) is 9.69 Å². The molecule has 2 saturated heterocycles. The molecule has 0 spiro atoms. The predicted molar refractivity (Wildman–Crippen MR) is 102 cm³/mol. The molecule has 9 heteroatoms. The number of thiocarbonyl (C=S) groups is 1. The average Bonchev–Trinajstić information content (AvgIpc) is 3.06. The average molecular weight is 400 g/mol. The largest absolute Gasteiger partial charge is 0.493 e. The minimum Gasteiger partial charge on any atom is -0.493 e. The molecule has 2 fully saturated rings. The van der Waals surface area contributed by atoms with Crippen LogP contribution in [-0.2, 0) is 14.6 Å². The molecule has 0 aromatic heterocycles. The molecule has 25 heavy (non-hydrogen) atoms. The number of sulfone groups is 1. The Labute approximate surface area is 156 Å². The number of rotatable bonds is 4. The third-order valence-electron chi connectivity index (χ3n) is 4.12. The number of hydrogen-bond acceptors (Lipinski definition) is 7. The lowest BCUT2D eigenvalue weighted by molar-refractivity contribution is -0.123. The fourth-order valence-electron chi connectivity index (χ4n) is 2.94. The maximum Gasteiger partial charge on any atom is 0.266 e. The van der Waals surface area contributed by atoms with E-state index in [1.54, 1.807) is 25.3 Å². The Bertz CT molecular complexity index is 863. The molecule has 1 aromatic carbocycles. The molecule has 6 nitrogen and oxygen atoms in total. The zero-order valence-corrected chi connectivity index (χ0v) is 16.2. The van der Waals surface area contributed by atoms with Crippen molar-refractivity contribution < 1.29 is 22.7 Å². The maximum atomic E-state index is 12.8. The molecule has 0 bridgehead atoms. The molecule has 2 aliphatic rings. The van der Waals surface area contributed by atoms with E-state index < -0.39 is 9.84 Å². The van der Waals surface area contributed by atoms with Crippen LogP contribution in [0.25, 0.3) is 6.08 Å². The zero-order valence-electron chi connectivity index (χ0n) is 13.7. The first-order valence-corrected chi connectivity index (χ1v) is 10.6. The molecule has 0 aliphatic carbocycles. The molecule has 134 valence electrons. The van der Waals surface area contributed by atoms with Crippen LogP contribution < -0.4 is 9.47 Å². The molecule has 1 unspecified atom stereocenters. The number of thioether (sulfide) groups is 1. The molecular weight excluding hydrogens is 382 g/mol. The van der Waals surface area contributed by atoms with Crippen molar-refractivity contribution in [3.8, 4) is 11.5 Å². The molecule has 3 rings (SSSR count). The van der Waals surface area contributed by atoms with E-state index >= 15 is 0 Å². The van der Waals surface area contributed by atoms with Crippen LogP contribution in [0.2, 0.25) is 0 Å². The number of para-hydroxylation sites is 1. The minimum absolute atomic E-state index is 0.0325. The number of hydrogen-bond donors (Lipinski definition) is 0. The molecule has 1 atom stereocenters. The van der Waals surface area contributed by atoms with Gasteiger partial charge < -0.3 is 9.47 Å². The second-order valence-electron chi connectivity index (χ2n) is 5.69. The smallest absolute Gasteiger partial charge is 0.266 e. The molecule has 0 radical (unpaired) electrons. The third kappa shape index (κ3) is 3.54. The van der Waals surface area contributed by atoms with Crippen LogP contribution >= 0.6 is 24.0 Å². The van der Waals surface area contributed by atoms with Crippen molar-refractivity contribution in [2.24, 2.45) is 0 Å². The SMILES string of the molecule is COc1cccc(C=C2SC(=S)N(C3CCS(=O)(=O)C3)C2=O)c1OC. The third-order valence-corrected chi connectivity index (χ3v) is 7.20. The Morgan fingerprint density at radius 2 is 2.08 bits per heavy atom. The normalized spacial score (nSPS) is 24.2. The number of nitrogens with zero attached hydrogens (tertiary/aromatic N) is 1. The maximum absolute atomic E-state index is 12.8.